The molecule has 1 saturated carbocycles. The van der Waals surface area contributed by atoms with E-state index in [4.69, 9.17) is 0 Å². The Morgan fingerprint density at radius 2 is 2.44 bits per heavy atom. The van der Waals surface area contributed by atoms with E-state index in [2.05, 4.69) is 5.10 Å². The van der Waals surface area contributed by atoms with Crippen molar-refractivity contribution in [1.82, 2.24) is 9.78 Å². The standard InChI is InChI=1S/C7H10N2/c1-4-8-9(5-1)6-7-2-3-7/h1,4-5,7H,2-3,6H2. The van der Waals surface area contributed by atoms with Crippen LogP contribution in [0.25, 0.3) is 0 Å². The van der Waals surface area contributed by atoms with E-state index >= 15 is 0 Å². The molecule has 0 saturated heterocycles. The molecular formula is C7H10N2. The van der Waals surface area contributed by atoms with Crippen LogP contribution in [0.3, 0.4) is 0 Å². The van der Waals surface area contributed by atoms with Crippen LogP contribution in [0.1, 0.15) is 12.8 Å². The van der Waals surface area contributed by atoms with Gasteiger partial charge in [0, 0.05) is 18.9 Å². The molecule has 0 radical (unpaired) electrons. The molecule has 0 bridgehead atoms. The maximum atomic E-state index is 4.11. The van der Waals surface area contributed by atoms with Crippen LogP contribution in [0, 0.1) is 5.92 Å². The predicted octanol–water partition coefficient (Wildman–Crippen LogP) is 1.29. The summed E-state index contributed by atoms with van der Waals surface area (Å²) < 4.78 is 2.01. The molecule has 1 heterocycles. The zero-order chi connectivity index (χ0) is 6.10. The quantitative estimate of drug-likeness (QED) is 0.578. The second-order valence-corrected chi connectivity index (χ2v) is 2.67. The third-order valence-corrected chi connectivity index (χ3v) is 1.70. The lowest BCUT2D eigenvalue weighted by Gasteiger charge is -1.94. The molecule has 2 nitrogen and oxygen atoms in total. The first-order valence-corrected chi connectivity index (χ1v) is 3.42. The van der Waals surface area contributed by atoms with E-state index in [-0.39, 0.29) is 0 Å². The van der Waals surface area contributed by atoms with Gasteiger partial charge < -0.3 is 0 Å². The Morgan fingerprint density at radius 1 is 1.56 bits per heavy atom. The zero-order valence-electron chi connectivity index (χ0n) is 5.33. The van der Waals surface area contributed by atoms with E-state index < -0.39 is 0 Å². The van der Waals surface area contributed by atoms with Crippen LogP contribution >= 0.6 is 0 Å². The summed E-state index contributed by atoms with van der Waals surface area (Å²) in [6, 6.07) is 1.97. The summed E-state index contributed by atoms with van der Waals surface area (Å²) in [5.41, 5.74) is 0. The van der Waals surface area contributed by atoms with Crippen molar-refractivity contribution >= 4 is 0 Å². The molecule has 0 unspecified atom stereocenters. The van der Waals surface area contributed by atoms with Crippen LogP contribution in [-0.4, -0.2) is 9.78 Å². The van der Waals surface area contributed by atoms with Crippen molar-refractivity contribution < 1.29 is 0 Å². The first-order chi connectivity index (χ1) is 4.45. The Bertz CT molecular complexity index is 175. The number of aromatic nitrogens is 2. The topological polar surface area (TPSA) is 17.8 Å². The third kappa shape index (κ3) is 1.12. The Kier molecular flexibility index (Phi) is 1.04. The molecule has 0 aromatic carbocycles. The minimum Gasteiger partial charge on any atom is -0.272 e. The van der Waals surface area contributed by atoms with Crippen LogP contribution in [0.5, 0.6) is 0 Å². The molecule has 1 aliphatic carbocycles. The number of hydrogen-bond donors (Lipinski definition) is 0. The lowest BCUT2D eigenvalue weighted by Crippen LogP contribution is -1.98. The molecule has 2 rings (SSSR count). The molecule has 48 valence electrons. The fourth-order valence-corrected chi connectivity index (χ4v) is 0.973. The van der Waals surface area contributed by atoms with Crippen LogP contribution in [0.2, 0.25) is 0 Å². The molecule has 2 heteroatoms. The summed E-state index contributed by atoms with van der Waals surface area (Å²) in [6.07, 6.45) is 6.67. The van der Waals surface area contributed by atoms with Gasteiger partial charge in [-0.05, 0) is 24.8 Å². The average Bonchev–Trinajstić information content (AvgIpc) is 2.46. The highest BCUT2D eigenvalue weighted by Gasteiger charge is 2.21. The van der Waals surface area contributed by atoms with Crippen LogP contribution in [0.15, 0.2) is 18.5 Å². The second kappa shape index (κ2) is 1.87. The summed E-state index contributed by atoms with van der Waals surface area (Å²) in [4.78, 5) is 0. The summed E-state index contributed by atoms with van der Waals surface area (Å²) in [6.45, 7) is 1.13. The molecule has 9 heavy (non-hydrogen) atoms. The molecule has 1 aromatic heterocycles. The van der Waals surface area contributed by atoms with Crippen LogP contribution < -0.4 is 0 Å². The monoisotopic (exact) mass is 122 g/mol. The van der Waals surface area contributed by atoms with Gasteiger partial charge in [-0.1, -0.05) is 0 Å². The van der Waals surface area contributed by atoms with E-state index in [0.29, 0.717) is 0 Å². The molecule has 1 aromatic rings. The van der Waals surface area contributed by atoms with Crippen LogP contribution in [-0.2, 0) is 6.54 Å². The van der Waals surface area contributed by atoms with Crippen molar-refractivity contribution in [3.8, 4) is 0 Å². The fraction of sp³-hybridized carbons (Fsp3) is 0.571. The molecule has 0 amide bonds. The van der Waals surface area contributed by atoms with Gasteiger partial charge in [0.1, 0.15) is 0 Å². The van der Waals surface area contributed by atoms with E-state index in [9.17, 15) is 0 Å². The average molecular weight is 122 g/mol. The van der Waals surface area contributed by atoms with E-state index in [1.54, 1.807) is 0 Å². The molecule has 0 N–H and O–H groups in total. The molecule has 1 aliphatic rings. The van der Waals surface area contributed by atoms with Crippen molar-refractivity contribution in [3.05, 3.63) is 18.5 Å². The lowest BCUT2D eigenvalue weighted by atomic mass is 10.4. The minimum absolute atomic E-state index is 0.935. The normalized spacial score (nSPS) is 18.2. The van der Waals surface area contributed by atoms with Gasteiger partial charge in [0.25, 0.3) is 0 Å². The van der Waals surface area contributed by atoms with Gasteiger partial charge in [-0.2, -0.15) is 5.10 Å². The van der Waals surface area contributed by atoms with E-state index in [1.165, 1.54) is 12.8 Å². The number of hydrogen-bond acceptors (Lipinski definition) is 1. The molecule has 0 spiro atoms. The van der Waals surface area contributed by atoms with Crippen molar-refractivity contribution in [2.75, 3.05) is 0 Å². The largest absolute Gasteiger partial charge is 0.272 e. The van der Waals surface area contributed by atoms with Crippen molar-refractivity contribution in [1.29, 1.82) is 0 Å². The zero-order valence-corrected chi connectivity index (χ0v) is 5.33. The SMILES string of the molecule is c1cnn(CC2CC2)c1. The summed E-state index contributed by atoms with van der Waals surface area (Å²) >= 11 is 0. The Balaban J connectivity index is 1.99. The van der Waals surface area contributed by atoms with E-state index in [0.717, 1.165) is 12.5 Å². The van der Waals surface area contributed by atoms with Crippen LogP contribution in [0.4, 0.5) is 0 Å². The highest BCUT2D eigenvalue weighted by atomic mass is 15.3. The summed E-state index contributed by atoms with van der Waals surface area (Å²) in [7, 11) is 0. The smallest absolute Gasteiger partial charge is 0.0489 e. The molecule has 0 atom stereocenters. The first kappa shape index (κ1) is 5.03. The summed E-state index contributed by atoms with van der Waals surface area (Å²) in [5, 5.41) is 4.11. The minimum atomic E-state index is 0.935. The number of nitrogens with zero attached hydrogens (tertiary/aromatic N) is 2. The third-order valence-electron chi connectivity index (χ3n) is 1.70. The predicted molar refractivity (Wildman–Crippen MR) is 35.0 cm³/mol. The maximum Gasteiger partial charge on any atom is 0.0489 e. The van der Waals surface area contributed by atoms with Crippen molar-refractivity contribution in [2.24, 2.45) is 5.92 Å². The van der Waals surface area contributed by atoms with Gasteiger partial charge in [-0.15, -0.1) is 0 Å². The van der Waals surface area contributed by atoms with Crippen molar-refractivity contribution in [2.45, 2.75) is 19.4 Å². The molecular weight excluding hydrogens is 112 g/mol. The van der Waals surface area contributed by atoms with Gasteiger partial charge in [-0.3, -0.25) is 4.68 Å². The fourth-order valence-electron chi connectivity index (χ4n) is 0.973. The van der Waals surface area contributed by atoms with E-state index in [1.807, 2.05) is 23.1 Å². The Labute approximate surface area is 54.5 Å². The highest BCUT2D eigenvalue weighted by Crippen LogP contribution is 2.29. The summed E-state index contributed by atoms with van der Waals surface area (Å²) in [5.74, 6) is 0.935. The first-order valence-electron chi connectivity index (χ1n) is 3.42. The second-order valence-electron chi connectivity index (χ2n) is 2.67. The van der Waals surface area contributed by atoms with Gasteiger partial charge in [0.05, 0.1) is 0 Å². The highest BCUT2D eigenvalue weighted by molar-refractivity contribution is 4.81. The molecule has 0 aliphatic heterocycles. The Morgan fingerprint density at radius 3 is 3.00 bits per heavy atom. The molecule has 1 fully saturated rings. The van der Waals surface area contributed by atoms with Gasteiger partial charge >= 0.3 is 0 Å². The van der Waals surface area contributed by atoms with Gasteiger partial charge in [0.15, 0.2) is 0 Å². The number of rotatable bonds is 2. The Hall–Kier alpha value is -0.790. The van der Waals surface area contributed by atoms with Crippen molar-refractivity contribution in [3.63, 3.8) is 0 Å². The lowest BCUT2D eigenvalue weighted by molar-refractivity contribution is 0.563. The van der Waals surface area contributed by atoms with Gasteiger partial charge in [-0.25, -0.2) is 0 Å². The maximum absolute atomic E-state index is 4.11. The van der Waals surface area contributed by atoms with Gasteiger partial charge in [0.2, 0.25) is 0 Å².